The first-order valence-electron chi connectivity index (χ1n) is 14.6. The zero-order valence-electron chi connectivity index (χ0n) is 26.5. The number of rotatable bonds is 9. The maximum atomic E-state index is 12.3. The average molecular weight is 569 g/mol. The molecule has 1 fully saturated rings. The normalized spacial score (nSPS) is 15.3. The minimum Gasteiger partial charge on any atom is -0.444 e. The van der Waals surface area contributed by atoms with E-state index in [1.807, 2.05) is 41.5 Å². The highest BCUT2D eigenvalue weighted by Crippen LogP contribution is 2.23. The average Bonchev–Trinajstić information content (AvgIpc) is 2.89. The lowest BCUT2D eigenvalue weighted by atomic mass is 9.94. The molecular weight excluding hydrogens is 514 g/mol. The first-order valence-corrected chi connectivity index (χ1v) is 14.6. The van der Waals surface area contributed by atoms with Gasteiger partial charge in [0.05, 0.1) is 0 Å². The van der Waals surface area contributed by atoms with Crippen LogP contribution in [-0.2, 0) is 4.74 Å². The molecule has 1 aliphatic heterocycles. The van der Waals surface area contributed by atoms with E-state index in [4.69, 9.17) is 4.74 Å². The zero-order chi connectivity index (χ0) is 30.9. The van der Waals surface area contributed by atoms with Gasteiger partial charge in [0.1, 0.15) is 11.4 Å². The number of allylic oxidation sites excluding steroid dienone is 2. The number of carbonyl (C=O) groups excluding carboxylic acids is 1. The van der Waals surface area contributed by atoms with Crippen LogP contribution in [0.4, 0.5) is 13.6 Å². The van der Waals surface area contributed by atoms with Gasteiger partial charge in [-0.25, -0.2) is 4.79 Å². The summed E-state index contributed by atoms with van der Waals surface area (Å²) < 4.78 is 34.4. The predicted octanol–water partition coefficient (Wildman–Crippen LogP) is 8.20. The van der Waals surface area contributed by atoms with Crippen molar-refractivity contribution in [3.63, 3.8) is 0 Å². The second-order valence-electron chi connectivity index (χ2n) is 10.7. The van der Waals surface area contributed by atoms with Crippen molar-refractivity contribution in [2.24, 2.45) is 5.92 Å². The molecule has 1 aromatic carbocycles. The summed E-state index contributed by atoms with van der Waals surface area (Å²) in [5, 5.41) is 9.39. The summed E-state index contributed by atoms with van der Waals surface area (Å²) in [4.78, 5) is 16.4. The molecule has 230 valence electrons. The molecule has 40 heavy (non-hydrogen) atoms. The number of nitrogens with zero attached hydrogens (tertiary/aromatic N) is 2. The molecule has 1 N–H and O–H groups in total. The molecule has 2 rings (SSSR count). The Balaban J connectivity index is 0.000000902. The van der Waals surface area contributed by atoms with Crippen LogP contribution in [0.2, 0.25) is 0 Å². The van der Waals surface area contributed by atoms with Gasteiger partial charge in [0.15, 0.2) is 0 Å². The maximum absolute atomic E-state index is 12.3. The van der Waals surface area contributed by atoms with E-state index >= 15 is 0 Å². The van der Waals surface area contributed by atoms with Gasteiger partial charge in [-0.05, 0) is 71.1 Å². The number of amides is 1. The first kappa shape index (κ1) is 37.4. The standard InChI is InChI=1S/C21H38N2O3.C9H10F2O.C2H6/c1-7-9-19(16-18(10-15-24)17(3)8-2)22-11-13-23(14-12-22)20(25)26-21(4,5)6;1-7-3-5-8(6-4-7)12-9(2,10)11;1-2/h9,16-17,24H,7-8,10-15H2,1-6H3;3-6H,1-2H3;1-2H3/b18-16-,19-9+;;. The molecule has 6 nitrogen and oxygen atoms in total. The van der Waals surface area contributed by atoms with Crippen LogP contribution in [0, 0.1) is 12.8 Å². The molecule has 0 saturated carbocycles. The fourth-order valence-corrected chi connectivity index (χ4v) is 3.82. The van der Waals surface area contributed by atoms with Crippen molar-refractivity contribution < 1.29 is 28.2 Å². The summed E-state index contributed by atoms with van der Waals surface area (Å²) in [7, 11) is 0. The third-order valence-electron chi connectivity index (χ3n) is 6.01. The van der Waals surface area contributed by atoms with Crippen molar-refractivity contribution in [2.75, 3.05) is 32.8 Å². The molecule has 0 radical (unpaired) electrons. The Kier molecular flexibility index (Phi) is 17.5. The summed E-state index contributed by atoms with van der Waals surface area (Å²) >= 11 is 0. The van der Waals surface area contributed by atoms with E-state index in [2.05, 4.69) is 42.6 Å². The number of ether oxygens (including phenoxy) is 2. The quantitative estimate of drug-likeness (QED) is 0.304. The van der Waals surface area contributed by atoms with Crippen molar-refractivity contribution in [1.29, 1.82) is 0 Å². The molecule has 1 aliphatic rings. The second kappa shape index (κ2) is 18.7. The van der Waals surface area contributed by atoms with Gasteiger partial charge in [0.2, 0.25) is 0 Å². The third kappa shape index (κ3) is 15.8. The lowest BCUT2D eigenvalue weighted by molar-refractivity contribution is -0.158. The van der Waals surface area contributed by atoms with Crippen molar-refractivity contribution in [1.82, 2.24) is 9.80 Å². The lowest BCUT2D eigenvalue weighted by Gasteiger charge is -2.37. The van der Waals surface area contributed by atoms with Crippen LogP contribution in [0.5, 0.6) is 5.75 Å². The Morgan fingerprint density at radius 3 is 1.98 bits per heavy atom. The number of piperazine rings is 1. The largest absolute Gasteiger partial charge is 0.444 e. The molecule has 0 aliphatic carbocycles. The minimum atomic E-state index is -3.10. The number of aryl methyl sites for hydroxylation is 1. The monoisotopic (exact) mass is 568 g/mol. The van der Waals surface area contributed by atoms with Crippen LogP contribution in [0.1, 0.15) is 87.1 Å². The van der Waals surface area contributed by atoms with Crippen LogP contribution in [0.15, 0.2) is 47.7 Å². The number of aliphatic hydroxyl groups excluding tert-OH is 1. The Bertz CT molecular complexity index is 895. The Labute approximate surface area is 242 Å². The van der Waals surface area contributed by atoms with E-state index in [1.54, 1.807) is 17.0 Å². The first-order chi connectivity index (χ1) is 18.7. The SMILES string of the molecule is CC.CC/C=C(\C=C(\CCO)C(C)CC)N1CCN(C(=O)OC(C)(C)C)CC1.Cc1ccc(OC(C)(F)F)cc1. The van der Waals surface area contributed by atoms with Gasteiger partial charge < -0.3 is 24.4 Å². The van der Waals surface area contributed by atoms with Gasteiger partial charge in [-0.15, -0.1) is 0 Å². The minimum absolute atomic E-state index is 0.183. The number of benzene rings is 1. The summed E-state index contributed by atoms with van der Waals surface area (Å²) in [6.45, 7) is 21.9. The van der Waals surface area contributed by atoms with Gasteiger partial charge in [0.25, 0.3) is 0 Å². The van der Waals surface area contributed by atoms with Gasteiger partial charge in [-0.3, -0.25) is 0 Å². The van der Waals surface area contributed by atoms with Gasteiger partial charge in [0, 0.05) is 45.4 Å². The molecule has 1 amide bonds. The zero-order valence-corrected chi connectivity index (χ0v) is 26.5. The van der Waals surface area contributed by atoms with Crippen LogP contribution in [0.25, 0.3) is 0 Å². The van der Waals surface area contributed by atoms with E-state index in [0.717, 1.165) is 31.5 Å². The van der Waals surface area contributed by atoms with E-state index in [1.165, 1.54) is 23.4 Å². The summed E-state index contributed by atoms with van der Waals surface area (Å²) in [5.41, 5.74) is 3.06. The van der Waals surface area contributed by atoms with Gasteiger partial charge in [-0.1, -0.05) is 64.0 Å². The number of alkyl halides is 2. The summed E-state index contributed by atoms with van der Waals surface area (Å²) in [6, 6.07) is 6.49. The van der Waals surface area contributed by atoms with Crippen LogP contribution in [-0.4, -0.2) is 65.5 Å². The topological polar surface area (TPSA) is 62.2 Å². The second-order valence-corrected chi connectivity index (χ2v) is 10.7. The van der Waals surface area contributed by atoms with Gasteiger partial charge >= 0.3 is 12.2 Å². The molecule has 0 spiro atoms. The number of hydrogen-bond acceptors (Lipinski definition) is 5. The van der Waals surface area contributed by atoms with Gasteiger partial charge in [-0.2, -0.15) is 8.78 Å². The molecule has 1 aromatic rings. The summed E-state index contributed by atoms with van der Waals surface area (Å²) in [6.07, 6.45) is 3.90. The highest BCUT2D eigenvalue weighted by atomic mass is 19.3. The molecule has 8 heteroatoms. The van der Waals surface area contributed by atoms with Crippen molar-refractivity contribution in [3.05, 3.63) is 53.3 Å². The highest BCUT2D eigenvalue weighted by molar-refractivity contribution is 5.68. The van der Waals surface area contributed by atoms with Crippen LogP contribution in [0.3, 0.4) is 0 Å². The fraction of sp³-hybridized carbons (Fsp3) is 0.656. The molecule has 0 bridgehead atoms. The Morgan fingerprint density at radius 2 is 1.55 bits per heavy atom. The predicted molar refractivity (Wildman–Crippen MR) is 161 cm³/mol. The van der Waals surface area contributed by atoms with Crippen LogP contribution < -0.4 is 4.74 Å². The molecule has 1 saturated heterocycles. The molecule has 0 aromatic heterocycles. The summed E-state index contributed by atoms with van der Waals surface area (Å²) in [5.74, 6) is 0.651. The maximum Gasteiger partial charge on any atom is 0.410 e. The van der Waals surface area contributed by atoms with E-state index in [9.17, 15) is 18.7 Å². The number of hydrogen-bond donors (Lipinski definition) is 1. The Morgan fingerprint density at radius 1 is 1.02 bits per heavy atom. The third-order valence-corrected chi connectivity index (χ3v) is 6.01. The molecular formula is C32H54F2N2O4. The molecule has 1 unspecified atom stereocenters. The van der Waals surface area contributed by atoms with Crippen molar-refractivity contribution in [2.45, 2.75) is 100 Å². The number of halogens is 2. The van der Waals surface area contributed by atoms with E-state index in [-0.39, 0.29) is 18.4 Å². The number of aliphatic hydroxyl groups is 1. The molecule has 1 atom stereocenters. The fourth-order valence-electron chi connectivity index (χ4n) is 3.82. The Hall–Kier alpha value is -2.61. The lowest BCUT2D eigenvalue weighted by Crippen LogP contribution is -2.49. The smallest absolute Gasteiger partial charge is 0.410 e. The molecule has 1 heterocycles. The van der Waals surface area contributed by atoms with E-state index < -0.39 is 11.7 Å². The van der Waals surface area contributed by atoms with Crippen molar-refractivity contribution in [3.8, 4) is 5.75 Å². The number of carbonyl (C=O) groups is 1. The highest BCUT2D eigenvalue weighted by Gasteiger charge is 2.26. The van der Waals surface area contributed by atoms with Crippen LogP contribution >= 0.6 is 0 Å². The van der Waals surface area contributed by atoms with Crippen molar-refractivity contribution >= 4 is 6.09 Å². The van der Waals surface area contributed by atoms with E-state index in [0.29, 0.717) is 32.4 Å².